The summed E-state index contributed by atoms with van der Waals surface area (Å²) in [7, 11) is 1.64. The number of rotatable bonds is 7. The van der Waals surface area contributed by atoms with Crippen LogP contribution in [-0.4, -0.2) is 32.7 Å². The molecular formula is C17H25NO3. The van der Waals surface area contributed by atoms with E-state index in [2.05, 4.69) is 0 Å². The Morgan fingerprint density at radius 2 is 1.90 bits per heavy atom. The Morgan fingerprint density at radius 1 is 1.19 bits per heavy atom. The average Bonchev–Trinajstić information content (AvgIpc) is 2.55. The molecular weight excluding hydrogens is 266 g/mol. The zero-order valence-corrected chi connectivity index (χ0v) is 12.7. The summed E-state index contributed by atoms with van der Waals surface area (Å²) in [6, 6.07) is 7.50. The zero-order valence-electron chi connectivity index (χ0n) is 12.7. The van der Waals surface area contributed by atoms with Gasteiger partial charge in [0, 0.05) is 13.0 Å². The van der Waals surface area contributed by atoms with Gasteiger partial charge in [0.2, 0.25) is 0 Å². The molecule has 0 spiro atoms. The van der Waals surface area contributed by atoms with Crippen LogP contribution in [0.25, 0.3) is 0 Å². The summed E-state index contributed by atoms with van der Waals surface area (Å²) in [4.78, 5) is 12.7. The predicted octanol–water partition coefficient (Wildman–Crippen LogP) is 2.66. The highest BCUT2D eigenvalue weighted by atomic mass is 16.5. The number of Topliss-reactive ketones (excluding diaryl/α,β-unsaturated/α-hetero) is 1. The summed E-state index contributed by atoms with van der Waals surface area (Å²) in [5, 5.41) is 0. The molecule has 1 saturated carbocycles. The van der Waals surface area contributed by atoms with E-state index in [1.807, 2.05) is 24.3 Å². The first-order valence-electron chi connectivity index (χ1n) is 7.71. The second-order valence-corrected chi connectivity index (χ2v) is 5.66. The molecule has 1 aliphatic carbocycles. The van der Waals surface area contributed by atoms with E-state index in [1.165, 1.54) is 0 Å². The van der Waals surface area contributed by atoms with Crippen molar-refractivity contribution in [3.05, 3.63) is 29.8 Å². The molecule has 0 heterocycles. The molecule has 2 N–H and O–H groups in total. The number of hydrogen-bond donors (Lipinski definition) is 1. The van der Waals surface area contributed by atoms with E-state index in [0.29, 0.717) is 30.4 Å². The highest BCUT2D eigenvalue weighted by molar-refractivity contribution is 6.00. The standard InChI is InChI=1S/C17H25NO3/c1-20-10-11-21-16-5-3-2-4-15(16)17(19)14-8-6-13(12-18)7-9-14/h2-5,13-14H,6-12,18H2,1H3. The number of carbonyl (C=O) groups is 1. The lowest BCUT2D eigenvalue weighted by Gasteiger charge is -2.27. The molecule has 0 radical (unpaired) electrons. The topological polar surface area (TPSA) is 61.5 Å². The van der Waals surface area contributed by atoms with Crippen LogP contribution >= 0.6 is 0 Å². The Morgan fingerprint density at radius 3 is 2.57 bits per heavy atom. The molecule has 116 valence electrons. The number of para-hydroxylation sites is 1. The van der Waals surface area contributed by atoms with Gasteiger partial charge in [0.15, 0.2) is 5.78 Å². The van der Waals surface area contributed by atoms with Gasteiger partial charge < -0.3 is 15.2 Å². The number of ketones is 1. The quantitative estimate of drug-likeness (QED) is 0.620. The third kappa shape index (κ3) is 4.29. The molecule has 0 bridgehead atoms. The first kappa shape index (κ1) is 16.0. The van der Waals surface area contributed by atoms with Crippen molar-refractivity contribution in [2.24, 2.45) is 17.6 Å². The maximum Gasteiger partial charge on any atom is 0.169 e. The number of ether oxygens (including phenoxy) is 2. The maximum absolute atomic E-state index is 12.7. The summed E-state index contributed by atoms with van der Waals surface area (Å²) >= 11 is 0. The molecule has 4 nitrogen and oxygen atoms in total. The van der Waals surface area contributed by atoms with Crippen LogP contribution in [0.3, 0.4) is 0 Å². The van der Waals surface area contributed by atoms with Crippen LogP contribution in [0.1, 0.15) is 36.0 Å². The molecule has 1 aromatic rings. The van der Waals surface area contributed by atoms with Gasteiger partial charge in [0.1, 0.15) is 12.4 Å². The van der Waals surface area contributed by atoms with E-state index in [1.54, 1.807) is 7.11 Å². The van der Waals surface area contributed by atoms with Gasteiger partial charge in [0.25, 0.3) is 0 Å². The Bertz CT molecular complexity index is 453. The summed E-state index contributed by atoms with van der Waals surface area (Å²) < 4.78 is 10.6. The Kier molecular flexibility index (Phi) is 6.21. The van der Waals surface area contributed by atoms with Crippen LogP contribution in [0.2, 0.25) is 0 Å². The smallest absolute Gasteiger partial charge is 0.169 e. The Balaban J connectivity index is 2.01. The second-order valence-electron chi connectivity index (χ2n) is 5.66. The number of methoxy groups -OCH3 is 1. The van der Waals surface area contributed by atoms with Gasteiger partial charge >= 0.3 is 0 Å². The molecule has 1 aromatic carbocycles. The molecule has 1 aliphatic rings. The second kappa shape index (κ2) is 8.15. The summed E-state index contributed by atoms with van der Waals surface area (Å²) in [5.41, 5.74) is 6.41. The van der Waals surface area contributed by atoms with E-state index in [9.17, 15) is 4.79 Å². The Hall–Kier alpha value is -1.39. The fourth-order valence-corrected chi connectivity index (χ4v) is 2.91. The van der Waals surface area contributed by atoms with Crippen molar-refractivity contribution < 1.29 is 14.3 Å². The summed E-state index contributed by atoms with van der Waals surface area (Å²) in [5.74, 6) is 1.57. The fourth-order valence-electron chi connectivity index (χ4n) is 2.91. The third-order valence-electron chi connectivity index (χ3n) is 4.25. The van der Waals surface area contributed by atoms with Crippen molar-refractivity contribution in [1.29, 1.82) is 0 Å². The van der Waals surface area contributed by atoms with E-state index in [4.69, 9.17) is 15.2 Å². The molecule has 0 aliphatic heterocycles. The van der Waals surface area contributed by atoms with Gasteiger partial charge in [-0.05, 0) is 50.3 Å². The minimum Gasteiger partial charge on any atom is -0.490 e. The number of benzene rings is 1. The van der Waals surface area contributed by atoms with E-state index in [0.717, 1.165) is 32.2 Å². The lowest BCUT2D eigenvalue weighted by atomic mass is 9.78. The predicted molar refractivity (Wildman–Crippen MR) is 82.6 cm³/mol. The molecule has 0 unspecified atom stereocenters. The van der Waals surface area contributed by atoms with Crippen molar-refractivity contribution in [3.8, 4) is 5.75 Å². The maximum atomic E-state index is 12.7. The zero-order chi connectivity index (χ0) is 15.1. The van der Waals surface area contributed by atoms with Crippen molar-refractivity contribution in [2.45, 2.75) is 25.7 Å². The largest absolute Gasteiger partial charge is 0.490 e. The van der Waals surface area contributed by atoms with Crippen LogP contribution in [0.5, 0.6) is 5.75 Å². The first-order chi connectivity index (χ1) is 10.3. The monoisotopic (exact) mass is 291 g/mol. The molecule has 21 heavy (non-hydrogen) atoms. The van der Waals surface area contributed by atoms with Crippen LogP contribution in [-0.2, 0) is 4.74 Å². The number of nitrogens with two attached hydrogens (primary N) is 1. The van der Waals surface area contributed by atoms with Gasteiger partial charge in [-0.15, -0.1) is 0 Å². The lowest BCUT2D eigenvalue weighted by molar-refractivity contribution is 0.0866. The number of hydrogen-bond acceptors (Lipinski definition) is 4. The molecule has 0 aromatic heterocycles. The van der Waals surface area contributed by atoms with Crippen molar-refractivity contribution in [2.75, 3.05) is 26.9 Å². The van der Waals surface area contributed by atoms with Gasteiger partial charge in [-0.2, -0.15) is 0 Å². The number of carbonyl (C=O) groups excluding carboxylic acids is 1. The van der Waals surface area contributed by atoms with Crippen molar-refractivity contribution in [1.82, 2.24) is 0 Å². The Labute approximate surface area is 126 Å². The average molecular weight is 291 g/mol. The van der Waals surface area contributed by atoms with E-state index >= 15 is 0 Å². The normalized spacial score (nSPS) is 22.0. The van der Waals surface area contributed by atoms with E-state index in [-0.39, 0.29) is 11.7 Å². The fraction of sp³-hybridized carbons (Fsp3) is 0.588. The molecule has 2 rings (SSSR count). The van der Waals surface area contributed by atoms with Crippen molar-refractivity contribution in [3.63, 3.8) is 0 Å². The van der Waals surface area contributed by atoms with Crippen molar-refractivity contribution >= 4 is 5.78 Å². The first-order valence-corrected chi connectivity index (χ1v) is 7.71. The van der Waals surface area contributed by atoms with E-state index < -0.39 is 0 Å². The van der Waals surface area contributed by atoms with Crippen LogP contribution in [0.15, 0.2) is 24.3 Å². The molecule has 0 saturated heterocycles. The molecule has 0 amide bonds. The minimum absolute atomic E-state index is 0.111. The molecule has 0 atom stereocenters. The summed E-state index contributed by atoms with van der Waals surface area (Å²) in [6.45, 7) is 1.71. The van der Waals surface area contributed by atoms with Crippen LogP contribution in [0, 0.1) is 11.8 Å². The van der Waals surface area contributed by atoms with Crippen LogP contribution in [0.4, 0.5) is 0 Å². The molecule has 4 heteroatoms. The van der Waals surface area contributed by atoms with Gasteiger partial charge in [-0.25, -0.2) is 0 Å². The van der Waals surface area contributed by atoms with Gasteiger partial charge in [0.05, 0.1) is 12.2 Å². The van der Waals surface area contributed by atoms with Gasteiger partial charge in [-0.1, -0.05) is 12.1 Å². The summed E-state index contributed by atoms with van der Waals surface area (Å²) in [6.07, 6.45) is 3.99. The highest BCUT2D eigenvalue weighted by Crippen LogP contribution is 2.32. The van der Waals surface area contributed by atoms with Crippen LogP contribution < -0.4 is 10.5 Å². The third-order valence-corrected chi connectivity index (χ3v) is 4.25. The SMILES string of the molecule is COCCOc1ccccc1C(=O)C1CCC(CN)CC1. The highest BCUT2D eigenvalue weighted by Gasteiger charge is 2.27. The van der Waals surface area contributed by atoms with Gasteiger partial charge in [-0.3, -0.25) is 4.79 Å². The lowest BCUT2D eigenvalue weighted by Crippen LogP contribution is -2.26. The minimum atomic E-state index is 0.111. The molecule has 1 fully saturated rings.